The first-order valence-electron chi connectivity index (χ1n) is 5.22. The average Bonchev–Trinajstić information content (AvgIpc) is 2.60. The molecule has 1 atom stereocenters. The summed E-state index contributed by atoms with van der Waals surface area (Å²) >= 11 is 3.36. The first kappa shape index (κ1) is 12.1. The Morgan fingerprint density at radius 2 is 2.38 bits per heavy atom. The summed E-state index contributed by atoms with van der Waals surface area (Å²) in [4.78, 5) is 0. The lowest BCUT2D eigenvalue weighted by Crippen LogP contribution is -2.39. The van der Waals surface area contributed by atoms with Gasteiger partial charge in [-0.2, -0.15) is 0 Å². The average molecular weight is 308 g/mol. The van der Waals surface area contributed by atoms with Crippen LogP contribution in [0.15, 0.2) is 21.2 Å². The van der Waals surface area contributed by atoms with Gasteiger partial charge in [0.15, 0.2) is 9.84 Å². The second-order valence-electron chi connectivity index (χ2n) is 4.03. The Morgan fingerprint density at radius 3 is 3.00 bits per heavy atom. The van der Waals surface area contributed by atoms with Crippen LogP contribution in [0.2, 0.25) is 0 Å². The topological polar surface area (TPSA) is 59.3 Å². The highest BCUT2D eigenvalue weighted by Crippen LogP contribution is 2.18. The molecule has 0 saturated carbocycles. The molecular formula is C10H14BrNO3S. The predicted octanol–water partition coefficient (Wildman–Crippen LogP) is 1.71. The van der Waals surface area contributed by atoms with Gasteiger partial charge in [-0.15, -0.1) is 0 Å². The third kappa shape index (κ3) is 3.09. The van der Waals surface area contributed by atoms with E-state index >= 15 is 0 Å². The molecule has 1 aliphatic heterocycles. The van der Waals surface area contributed by atoms with Gasteiger partial charge in [0.2, 0.25) is 0 Å². The third-order valence-electron chi connectivity index (χ3n) is 2.71. The van der Waals surface area contributed by atoms with Crippen LogP contribution in [0.5, 0.6) is 0 Å². The molecule has 16 heavy (non-hydrogen) atoms. The highest BCUT2D eigenvalue weighted by Gasteiger charge is 2.24. The molecule has 4 nitrogen and oxygen atoms in total. The molecule has 0 spiro atoms. The Kier molecular flexibility index (Phi) is 3.71. The van der Waals surface area contributed by atoms with Crippen molar-refractivity contribution in [2.45, 2.75) is 25.4 Å². The molecule has 0 aromatic carbocycles. The number of rotatable bonds is 3. The molecule has 1 aliphatic rings. The highest BCUT2D eigenvalue weighted by atomic mass is 79.9. The van der Waals surface area contributed by atoms with Gasteiger partial charge in [-0.3, -0.25) is 0 Å². The molecular weight excluding hydrogens is 294 g/mol. The van der Waals surface area contributed by atoms with E-state index in [1.807, 2.05) is 6.07 Å². The number of halogens is 1. The molecule has 6 heteroatoms. The Labute approximate surface area is 103 Å². The van der Waals surface area contributed by atoms with Crippen LogP contribution in [-0.2, 0) is 16.4 Å². The van der Waals surface area contributed by atoms with Gasteiger partial charge < -0.3 is 9.73 Å². The maximum absolute atomic E-state index is 11.4. The van der Waals surface area contributed by atoms with Crippen molar-refractivity contribution in [2.75, 3.05) is 11.5 Å². The van der Waals surface area contributed by atoms with E-state index in [4.69, 9.17) is 4.42 Å². The van der Waals surface area contributed by atoms with E-state index in [0.29, 0.717) is 12.3 Å². The third-order valence-corrected chi connectivity index (χ3v) is 5.23. The fourth-order valence-corrected chi connectivity index (χ4v) is 3.88. The predicted molar refractivity (Wildman–Crippen MR) is 64.9 cm³/mol. The van der Waals surface area contributed by atoms with E-state index in [1.54, 1.807) is 6.26 Å². The summed E-state index contributed by atoms with van der Waals surface area (Å²) in [6.45, 7) is 0.563. The first-order valence-corrected chi connectivity index (χ1v) is 7.84. The summed E-state index contributed by atoms with van der Waals surface area (Å²) in [7, 11) is -2.84. The van der Waals surface area contributed by atoms with Crippen LogP contribution in [0.25, 0.3) is 0 Å². The molecule has 1 aromatic rings. The van der Waals surface area contributed by atoms with Crippen molar-refractivity contribution in [1.82, 2.24) is 5.32 Å². The summed E-state index contributed by atoms with van der Waals surface area (Å²) in [6.07, 6.45) is 3.27. The highest BCUT2D eigenvalue weighted by molar-refractivity contribution is 9.10. The first-order chi connectivity index (χ1) is 7.57. The quantitative estimate of drug-likeness (QED) is 0.923. The van der Waals surface area contributed by atoms with Crippen molar-refractivity contribution >= 4 is 25.8 Å². The molecule has 1 saturated heterocycles. The van der Waals surface area contributed by atoms with Crippen molar-refractivity contribution < 1.29 is 12.8 Å². The molecule has 0 bridgehead atoms. The fraction of sp³-hybridized carbons (Fsp3) is 0.600. The van der Waals surface area contributed by atoms with Crippen molar-refractivity contribution in [1.29, 1.82) is 0 Å². The smallest absolute Gasteiger partial charge is 0.151 e. The monoisotopic (exact) mass is 307 g/mol. The number of hydrogen-bond acceptors (Lipinski definition) is 4. The number of furan rings is 1. The van der Waals surface area contributed by atoms with Crippen LogP contribution in [-0.4, -0.2) is 26.0 Å². The van der Waals surface area contributed by atoms with E-state index in [9.17, 15) is 8.42 Å². The zero-order valence-electron chi connectivity index (χ0n) is 8.78. The Hall–Kier alpha value is -0.330. The minimum atomic E-state index is -2.84. The lowest BCUT2D eigenvalue weighted by molar-refractivity contribution is 0.431. The summed E-state index contributed by atoms with van der Waals surface area (Å²) < 4.78 is 29.0. The zero-order valence-corrected chi connectivity index (χ0v) is 11.2. The van der Waals surface area contributed by atoms with Crippen LogP contribution in [0.1, 0.15) is 18.6 Å². The van der Waals surface area contributed by atoms with Gasteiger partial charge in [0.1, 0.15) is 5.76 Å². The van der Waals surface area contributed by atoms with E-state index in [-0.39, 0.29) is 11.8 Å². The lowest BCUT2D eigenvalue weighted by Gasteiger charge is -2.22. The maximum atomic E-state index is 11.4. The van der Waals surface area contributed by atoms with Gasteiger partial charge in [0, 0.05) is 6.04 Å². The minimum absolute atomic E-state index is 0.0516. The molecule has 1 fully saturated rings. The van der Waals surface area contributed by atoms with Crippen LogP contribution in [0.3, 0.4) is 0 Å². The van der Waals surface area contributed by atoms with Gasteiger partial charge in [0.25, 0.3) is 0 Å². The molecule has 0 amide bonds. The zero-order chi connectivity index (χ0) is 11.6. The molecule has 1 aromatic heterocycles. The normalized spacial score (nSPS) is 24.4. The number of nitrogens with one attached hydrogen (secondary N) is 1. The lowest BCUT2D eigenvalue weighted by atomic mass is 10.2. The van der Waals surface area contributed by atoms with E-state index in [1.165, 1.54) is 0 Å². The summed E-state index contributed by atoms with van der Waals surface area (Å²) in [5.74, 6) is 1.38. The van der Waals surface area contributed by atoms with Gasteiger partial charge in [-0.1, -0.05) is 0 Å². The second-order valence-corrected chi connectivity index (χ2v) is 7.11. The van der Waals surface area contributed by atoms with Crippen molar-refractivity contribution in [3.05, 3.63) is 22.6 Å². The molecule has 0 aliphatic carbocycles. The van der Waals surface area contributed by atoms with Crippen molar-refractivity contribution in [3.63, 3.8) is 0 Å². The van der Waals surface area contributed by atoms with Crippen LogP contribution in [0.4, 0.5) is 0 Å². The van der Waals surface area contributed by atoms with Gasteiger partial charge in [0.05, 0.1) is 28.8 Å². The van der Waals surface area contributed by atoms with E-state index < -0.39 is 9.84 Å². The standard InChI is InChI=1S/C10H14BrNO3S/c11-9-3-4-15-10(9)6-12-8-2-1-5-16(13,14)7-8/h3-4,8,12H,1-2,5-7H2. The Balaban J connectivity index is 1.89. The van der Waals surface area contributed by atoms with E-state index in [0.717, 1.165) is 23.1 Å². The van der Waals surface area contributed by atoms with Crippen LogP contribution >= 0.6 is 15.9 Å². The Morgan fingerprint density at radius 1 is 1.56 bits per heavy atom. The minimum Gasteiger partial charge on any atom is -0.467 e. The second kappa shape index (κ2) is 4.89. The molecule has 0 radical (unpaired) electrons. The maximum Gasteiger partial charge on any atom is 0.151 e. The molecule has 2 rings (SSSR count). The molecule has 1 N–H and O–H groups in total. The van der Waals surface area contributed by atoms with Crippen LogP contribution in [0, 0.1) is 0 Å². The number of sulfone groups is 1. The van der Waals surface area contributed by atoms with Crippen LogP contribution < -0.4 is 5.32 Å². The molecule has 2 heterocycles. The number of hydrogen-bond donors (Lipinski definition) is 1. The fourth-order valence-electron chi connectivity index (χ4n) is 1.87. The SMILES string of the molecule is O=S1(=O)CCCC(NCc2occc2Br)C1. The van der Waals surface area contributed by atoms with Crippen molar-refractivity contribution in [2.24, 2.45) is 0 Å². The molecule has 1 unspecified atom stereocenters. The summed E-state index contributed by atoms with van der Waals surface area (Å²) in [6, 6.07) is 1.88. The largest absolute Gasteiger partial charge is 0.467 e. The summed E-state index contributed by atoms with van der Waals surface area (Å²) in [5, 5.41) is 3.22. The van der Waals surface area contributed by atoms with Gasteiger partial charge in [-0.05, 0) is 34.8 Å². The van der Waals surface area contributed by atoms with Gasteiger partial charge in [-0.25, -0.2) is 8.42 Å². The summed E-state index contributed by atoms with van der Waals surface area (Å²) in [5.41, 5.74) is 0. The Bertz CT molecular complexity index is 454. The molecule has 90 valence electrons. The van der Waals surface area contributed by atoms with E-state index in [2.05, 4.69) is 21.2 Å². The van der Waals surface area contributed by atoms with Crippen molar-refractivity contribution in [3.8, 4) is 0 Å². The van der Waals surface area contributed by atoms with Gasteiger partial charge >= 0.3 is 0 Å².